The molecule has 0 radical (unpaired) electrons. The monoisotopic (exact) mass is 579 g/mol. The first-order valence-electron chi connectivity index (χ1n) is 14.9. The lowest BCUT2D eigenvalue weighted by molar-refractivity contribution is -0.149. The van der Waals surface area contributed by atoms with Crippen molar-refractivity contribution < 1.29 is 19.5 Å². The van der Waals surface area contributed by atoms with Gasteiger partial charge < -0.3 is 19.8 Å². The topological polar surface area (TPSA) is 81.2 Å². The zero-order chi connectivity index (χ0) is 29.9. The zero-order valence-electron chi connectivity index (χ0n) is 25.4. The highest BCUT2D eigenvalue weighted by molar-refractivity contribution is 8.02. The maximum Gasteiger partial charge on any atom is 0.247 e. The van der Waals surface area contributed by atoms with Gasteiger partial charge in [0.1, 0.15) is 6.04 Å². The van der Waals surface area contributed by atoms with Crippen molar-refractivity contribution >= 4 is 35.2 Å². The van der Waals surface area contributed by atoms with Gasteiger partial charge >= 0.3 is 0 Å². The van der Waals surface area contributed by atoms with Crippen LogP contribution in [0.3, 0.4) is 0 Å². The van der Waals surface area contributed by atoms with Gasteiger partial charge in [0, 0.05) is 29.6 Å². The number of aliphatic hydroxyl groups is 1. The Labute approximate surface area is 249 Å². The van der Waals surface area contributed by atoms with Gasteiger partial charge in [-0.1, -0.05) is 77.1 Å². The summed E-state index contributed by atoms with van der Waals surface area (Å²) in [4.78, 5) is 49.2. The molecule has 0 aromatic heterocycles. The van der Waals surface area contributed by atoms with Gasteiger partial charge in [-0.15, -0.1) is 11.8 Å². The zero-order valence-corrected chi connectivity index (χ0v) is 26.2. The molecule has 2 saturated heterocycles. The fourth-order valence-electron chi connectivity index (χ4n) is 7.83. The van der Waals surface area contributed by atoms with Crippen molar-refractivity contribution in [2.45, 2.75) is 82.5 Å². The first-order chi connectivity index (χ1) is 19.2. The van der Waals surface area contributed by atoms with Crippen molar-refractivity contribution in [2.24, 2.45) is 23.2 Å². The van der Waals surface area contributed by atoms with Crippen LogP contribution < -0.4 is 4.90 Å². The van der Waals surface area contributed by atoms with E-state index >= 15 is 0 Å². The molecule has 4 aliphatic rings. The van der Waals surface area contributed by atoms with Crippen LogP contribution >= 0.6 is 11.8 Å². The number of benzene rings is 1. The van der Waals surface area contributed by atoms with Gasteiger partial charge in [-0.25, -0.2) is 0 Å². The van der Waals surface area contributed by atoms with Gasteiger partial charge in [0.15, 0.2) is 0 Å². The van der Waals surface area contributed by atoms with Crippen LogP contribution in [0.5, 0.6) is 0 Å². The van der Waals surface area contributed by atoms with Crippen molar-refractivity contribution in [3.05, 3.63) is 54.6 Å². The predicted octanol–water partition coefficient (Wildman–Crippen LogP) is 4.52. The number of nitrogens with zero attached hydrogens (tertiary/aromatic N) is 3. The first-order valence-corrected chi connectivity index (χ1v) is 15.7. The lowest BCUT2D eigenvalue weighted by Gasteiger charge is -2.45. The molecule has 41 heavy (non-hydrogen) atoms. The molecular formula is C33H45N3O4S. The second kappa shape index (κ2) is 10.6. The normalized spacial score (nSPS) is 30.9. The minimum Gasteiger partial charge on any atom is -0.394 e. The smallest absolute Gasteiger partial charge is 0.247 e. The molecule has 1 unspecified atom stereocenters. The third kappa shape index (κ3) is 4.95. The first kappa shape index (κ1) is 29.9. The number of likely N-dealkylation sites (tertiary alicyclic amines) is 1. The molecule has 8 heteroatoms. The maximum absolute atomic E-state index is 14.8. The van der Waals surface area contributed by atoms with Crippen LogP contribution in [-0.2, 0) is 14.4 Å². The molecule has 7 nitrogen and oxygen atoms in total. The number of aliphatic hydroxyl groups excluding tert-OH is 1. The highest BCUT2D eigenvalue weighted by atomic mass is 32.2. The molecule has 1 aromatic carbocycles. The largest absolute Gasteiger partial charge is 0.394 e. The second-order valence-corrected chi connectivity index (χ2v) is 15.7. The molecule has 4 heterocycles. The SMILES string of the molecule is CC(C)[C@H](CO)N1C(=O)[C@@H]2[C@H]3C(=O)N(c4ccccc4)CC=C[C@H]3S[C@@]23C=CCN(C(C)(C)CC(C)(C)C)C(=O)C13. The highest BCUT2D eigenvalue weighted by Gasteiger charge is 2.72. The van der Waals surface area contributed by atoms with E-state index in [1.807, 2.05) is 61.2 Å². The number of anilines is 1. The summed E-state index contributed by atoms with van der Waals surface area (Å²) in [6.07, 6.45) is 8.97. The molecule has 0 aliphatic carbocycles. The van der Waals surface area contributed by atoms with E-state index in [-0.39, 0.29) is 40.9 Å². The Morgan fingerprint density at radius 1 is 0.976 bits per heavy atom. The molecule has 6 atom stereocenters. The van der Waals surface area contributed by atoms with E-state index in [1.54, 1.807) is 21.6 Å². The van der Waals surface area contributed by atoms with E-state index in [0.29, 0.717) is 13.1 Å². The number of hydrogen-bond acceptors (Lipinski definition) is 5. The Balaban J connectivity index is 1.63. The van der Waals surface area contributed by atoms with Gasteiger partial charge in [-0.05, 0) is 43.7 Å². The molecule has 1 N–H and O–H groups in total. The summed E-state index contributed by atoms with van der Waals surface area (Å²) < 4.78 is -0.905. The third-order valence-electron chi connectivity index (χ3n) is 9.17. The van der Waals surface area contributed by atoms with E-state index in [9.17, 15) is 19.5 Å². The van der Waals surface area contributed by atoms with Crippen LogP contribution in [0, 0.1) is 23.2 Å². The molecule has 0 saturated carbocycles. The fourth-order valence-corrected chi connectivity index (χ4v) is 9.82. The van der Waals surface area contributed by atoms with E-state index in [0.717, 1.165) is 12.1 Å². The Hall–Kier alpha value is -2.58. The van der Waals surface area contributed by atoms with Crippen molar-refractivity contribution in [3.63, 3.8) is 0 Å². The summed E-state index contributed by atoms with van der Waals surface area (Å²) in [5, 5.41) is 10.3. The quantitative estimate of drug-likeness (QED) is 0.502. The Bertz CT molecular complexity index is 1250. The summed E-state index contributed by atoms with van der Waals surface area (Å²) >= 11 is 1.59. The van der Waals surface area contributed by atoms with E-state index in [1.165, 1.54) is 0 Å². The van der Waals surface area contributed by atoms with Gasteiger partial charge in [0.05, 0.1) is 29.2 Å². The number of carbonyl (C=O) groups is 3. The summed E-state index contributed by atoms with van der Waals surface area (Å²) in [6.45, 7) is 15.3. The number of amides is 3. The standard InChI is InChI=1S/C33H45N3O4S/c1-21(2)23(19-37)36-27-30(40)35(32(6,7)20-31(3,4)5)18-12-16-33(27)26(29(36)39)25-24(41-33)15-11-17-34(28(25)38)22-13-9-8-10-14-22/h8-16,21,23-27,37H,17-20H2,1-7H3/t23-,24+,25-,26-,27?,33-/m0/s1. The minimum atomic E-state index is -0.905. The van der Waals surface area contributed by atoms with Crippen LogP contribution in [-0.4, -0.2) is 79.9 Å². The summed E-state index contributed by atoms with van der Waals surface area (Å²) in [6, 6.07) is 8.24. The molecule has 0 bridgehead atoms. The number of fused-ring (bicyclic) bond motifs is 2. The summed E-state index contributed by atoms with van der Waals surface area (Å²) in [5.74, 6) is -1.77. The lowest BCUT2D eigenvalue weighted by Crippen LogP contribution is -2.61. The minimum absolute atomic E-state index is 0.00974. The molecule has 222 valence electrons. The van der Waals surface area contributed by atoms with E-state index < -0.39 is 34.2 Å². The third-order valence-corrected chi connectivity index (χ3v) is 10.9. The molecule has 1 aromatic rings. The average Bonchev–Trinajstić information content (AvgIpc) is 3.18. The van der Waals surface area contributed by atoms with Crippen LogP contribution in [0.25, 0.3) is 0 Å². The van der Waals surface area contributed by atoms with Crippen LogP contribution in [0.15, 0.2) is 54.6 Å². The molecule has 3 amide bonds. The maximum atomic E-state index is 14.8. The molecule has 1 spiro atoms. The Morgan fingerprint density at radius 3 is 2.27 bits per heavy atom. The van der Waals surface area contributed by atoms with E-state index in [2.05, 4.69) is 46.8 Å². The van der Waals surface area contributed by atoms with Gasteiger partial charge in [0.2, 0.25) is 17.7 Å². The van der Waals surface area contributed by atoms with Gasteiger partial charge in [-0.2, -0.15) is 0 Å². The van der Waals surface area contributed by atoms with Crippen molar-refractivity contribution in [2.75, 3.05) is 24.6 Å². The number of para-hydroxylation sites is 1. The molecule has 4 aliphatic heterocycles. The summed E-state index contributed by atoms with van der Waals surface area (Å²) in [5.41, 5.74) is 0.327. The lowest BCUT2D eigenvalue weighted by atomic mass is 9.77. The number of hydrogen-bond donors (Lipinski definition) is 1. The van der Waals surface area contributed by atoms with Gasteiger partial charge in [0.25, 0.3) is 0 Å². The highest BCUT2D eigenvalue weighted by Crippen LogP contribution is 2.62. The number of carbonyl (C=O) groups excluding carboxylic acids is 3. The van der Waals surface area contributed by atoms with Crippen molar-refractivity contribution in [3.8, 4) is 0 Å². The molecular weight excluding hydrogens is 534 g/mol. The predicted molar refractivity (Wildman–Crippen MR) is 164 cm³/mol. The van der Waals surface area contributed by atoms with Gasteiger partial charge in [-0.3, -0.25) is 14.4 Å². The van der Waals surface area contributed by atoms with E-state index in [4.69, 9.17) is 0 Å². The number of thioether (sulfide) groups is 1. The Morgan fingerprint density at radius 2 is 1.66 bits per heavy atom. The molecule has 2 fully saturated rings. The fraction of sp³-hybridized carbons (Fsp3) is 0.606. The average molecular weight is 580 g/mol. The van der Waals surface area contributed by atoms with Crippen molar-refractivity contribution in [1.82, 2.24) is 9.80 Å². The summed E-state index contributed by atoms with van der Waals surface area (Å²) in [7, 11) is 0. The number of rotatable bonds is 6. The second-order valence-electron chi connectivity index (χ2n) is 14.2. The molecule has 5 rings (SSSR count). The van der Waals surface area contributed by atoms with Crippen LogP contribution in [0.4, 0.5) is 5.69 Å². The van der Waals surface area contributed by atoms with Crippen molar-refractivity contribution in [1.29, 1.82) is 0 Å². The van der Waals surface area contributed by atoms with Crippen LogP contribution in [0.1, 0.15) is 54.9 Å². The van der Waals surface area contributed by atoms with Crippen LogP contribution in [0.2, 0.25) is 0 Å². The Kier molecular flexibility index (Phi) is 7.73.